The van der Waals surface area contributed by atoms with Crippen LogP contribution in [0.3, 0.4) is 0 Å². The Bertz CT molecular complexity index is 792. The van der Waals surface area contributed by atoms with E-state index in [1.165, 1.54) is 0 Å². The summed E-state index contributed by atoms with van der Waals surface area (Å²) in [5.74, 6) is 0.611. The largest absolute Gasteiger partial charge is 0.497 e. The molecule has 2 aromatic carbocycles. The first-order valence-corrected chi connectivity index (χ1v) is 6.53. The van der Waals surface area contributed by atoms with Crippen molar-refractivity contribution in [2.45, 2.75) is 0 Å². The molecule has 3 aromatic rings. The molecule has 0 atom stereocenters. The molecule has 0 amide bonds. The molecule has 0 bridgehead atoms. The van der Waals surface area contributed by atoms with Gasteiger partial charge in [0.2, 0.25) is 0 Å². The van der Waals surface area contributed by atoms with Gasteiger partial charge in [-0.3, -0.25) is 4.79 Å². The number of ketones is 1. The minimum atomic E-state index is -0.102. The molecule has 1 N–H and O–H groups in total. The Balaban J connectivity index is 2.15. The van der Waals surface area contributed by atoms with Gasteiger partial charge in [0, 0.05) is 28.2 Å². The van der Waals surface area contributed by atoms with E-state index in [1.807, 2.05) is 18.2 Å². The van der Waals surface area contributed by atoms with Crippen molar-refractivity contribution in [2.75, 3.05) is 7.11 Å². The molecule has 0 aliphatic carbocycles. The maximum absolute atomic E-state index is 12.6. The van der Waals surface area contributed by atoms with Crippen molar-refractivity contribution in [2.24, 2.45) is 0 Å². The highest BCUT2D eigenvalue weighted by molar-refractivity contribution is 6.35. The summed E-state index contributed by atoms with van der Waals surface area (Å²) in [5, 5.41) is 1.28. The van der Waals surface area contributed by atoms with Crippen LogP contribution in [0.5, 0.6) is 5.75 Å². The fraction of sp³-hybridized carbons (Fsp3) is 0.0625. The second-order valence-corrected chi connectivity index (χ2v) is 4.83. The molecule has 3 nitrogen and oxygen atoms in total. The summed E-state index contributed by atoms with van der Waals surface area (Å²) in [5.41, 5.74) is 1.98. The maximum atomic E-state index is 12.6. The summed E-state index contributed by atoms with van der Waals surface area (Å²) in [4.78, 5) is 15.7. The van der Waals surface area contributed by atoms with E-state index in [2.05, 4.69) is 4.98 Å². The quantitative estimate of drug-likeness (QED) is 0.737. The average molecular weight is 286 g/mol. The second kappa shape index (κ2) is 5.02. The molecule has 0 fully saturated rings. The van der Waals surface area contributed by atoms with Gasteiger partial charge >= 0.3 is 0 Å². The van der Waals surface area contributed by atoms with E-state index in [4.69, 9.17) is 16.3 Å². The van der Waals surface area contributed by atoms with E-state index < -0.39 is 0 Å². The number of hydrogen-bond acceptors (Lipinski definition) is 2. The smallest absolute Gasteiger partial charge is 0.196 e. The molecule has 0 saturated carbocycles. The molecule has 0 aliphatic rings. The number of rotatable bonds is 3. The lowest BCUT2D eigenvalue weighted by Crippen LogP contribution is -2.01. The minimum absolute atomic E-state index is 0.102. The van der Waals surface area contributed by atoms with Gasteiger partial charge in [0.1, 0.15) is 5.75 Å². The Morgan fingerprint density at radius 2 is 1.95 bits per heavy atom. The van der Waals surface area contributed by atoms with Crippen LogP contribution < -0.4 is 4.74 Å². The zero-order valence-corrected chi connectivity index (χ0v) is 11.6. The van der Waals surface area contributed by atoms with Gasteiger partial charge < -0.3 is 9.72 Å². The Morgan fingerprint density at radius 1 is 1.15 bits per heavy atom. The summed E-state index contributed by atoms with van der Waals surface area (Å²) in [6, 6.07) is 12.6. The summed E-state index contributed by atoms with van der Waals surface area (Å²) < 4.78 is 5.20. The number of halogens is 1. The third-order valence-corrected chi connectivity index (χ3v) is 3.58. The average Bonchev–Trinajstić information content (AvgIpc) is 2.89. The minimum Gasteiger partial charge on any atom is -0.497 e. The number of aromatic amines is 1. The van der Waals surface area contributed by atoms with Crippen molar-refractivity contribution in [1.82, 2.24) is 4.98 Å². The van der Waals surface area contributed by atoms with Gasteiger partial charge in [0.25, 0.3) is 0 Å². The molecule has 100 valence electrons. The van der Waals surface area contributed by atoms with Crippen LogP contribution in [0.2, 0.25) is 5.02 Å². The Morgan fingerprint density at radius 3 is 2.70 bits per heavy atom. The number of hydrogen-bond donors (Lipinski definition) is 1. The van der Waals surface area contributed by atoms with Crippen LogP contribution in [0, 0.1) is 0 Å². The predicted molar refractivity (Wildman–Crippen MR) is 79.7 cm³/mol. The molecule has 0 radical (unpaired) electrons. The fourth-order valence-electron chi connectivity index (χ4n) is 2.21. The van der Waals surface area contributed by atoms with Crippen molar-refractivity contribution < 1.29 is 9.53 Å². The topological polar surface area (TPSA) is 42.1 Å². The van der Waals surface area contributed by atoms with E-state index in [-0.39, 0.29) is 5.78 Å². The highest BCUT2D eigenvalue weighted by Gasteiger charge is 2.16. The normalized spacial score (nSPS) is 10.7. The first-order valence-electron chi connectivity index (χ1n) is 6.15. The molecule has 1 heterocycles. The SMILES string of the molecule is COc1ccc2[nH]cc(C(=O)c3ccccc3Cl)c2c1. The monoisotopic (exact) mass is 285 g/mol. The number of H-pyrrole nitrogens is 1. The van der Waals surface area contributed by atoms with Gasteiger partial charge in [-0.05, 0) is 30.3 Å². The first-order chi connectivity index (χ1) is 9.70. The zero-order valence-electron chi connectivity index (χ0n) is 10.8. The number of methoxy groups -OCH3 is 1. The molecule has 3 rings (SSSR count). The number of ether oxygens (including phenoxy) is 1. The standard InChI is InChI=1S/C16H12ClNO2/c1-20-10-6-7-15-12(8-10)13(9-18-15)16(19)11-4-2-3-5-14(11)17/h2-9,18H,1H3. The first kappa shape index (κ1) is 12.8. The third kappa shape index (κ3) is 2.06. The van der Waals surface area contributed by atoms with Gasteiger partial charge in [-0.15, -0.1) is 0 Å². The molecular weight excluding hydrogens is 274 g/mol. The Hall–Kier alpha value is -2.26. The van der Waals surface area contributed by atoms with Crippen molar-refractivity contribution in [3.05, 3.63) is 64.8 Å². The van der Waals surface area contributed by atoms with Crippen molar-refractivity contribution in [1.29, 1.82) is 0 Å². The summed E-state index contributed by atoms with van der Waals surface area (Å²) in [6.07, 6.45) is 1.70. The van der Waals surface area contributed by atoms with Crippen LogP contribution in [0.25, 0.3) is 10.9 Å². The Labute approximate surface area is 121 Å². The summed E-state index contributed by atoms with van der Waals surface area (Å²) in [6.45, 7) is 0. The number of carbonyl (C=O) groups is 1. The molecule has 1 aromatic heterocycles. The molecule has 0 saturated heterocycles. The number of carbonyl (C=O) groups excluding carboxylic acids is 1. The highest BCUT2D eigenvalue weighted by Crippen LogP contribution is 2.27. The van der Waals surface area contributed by atoms with E-state index in [0.717, 1.165) is 10.9 Å². The van der Waals surface area contributed by atoms with Crippen LogP contribution in [-0.2, 0) is 0 Å². The number of fused-ring (bicyclic) bond motifs is 1. The van der Waals surface area contributed by atoms with E-state index >= 15 is 0 Å². The lowest BCUT2D eigenvalue weighted by molar-refractivity contribution is 0.104. The fourth-order valence-corrected chi connectivity index (χ4v) is 2.43. The van der Waals surface area contributed by atoms with Gasteiger partial charge in [0.15, 0.2) is 5.78 Å². The van der Waals surface area contributed by atoms with Crippen molar-refractivity contribution >= 4 is 28.3 Å². The van der Waals surface area contributed by atoms with Crippen molar-refractivity contribution in [3.8, 4) is 5.75 Å². The number of aromatic nitrogens is 1. The molecule has 0 aliphatic heterocycles. The Kier molecular flexibility index (Phi) is 3.20. The highest BCUT2D eigenvalue weighted by atomic mass is 35.5. The predicted octanol–water partition coefficient (Wildman–Crippen LogP) is 4.06. The summed E-state index contributed by atoms with van der Waals surface area (Å²) in [7, 11) is 1.60. The van der Waals surface area contributed by atoms with Crippen molar-refractivity contribution in [3.63, 3.8) is 0 Å². The van der Waals surface area contributed by atoms with E-state index in [1.54, 1.807) is 37.6 Å². The number of nitrogens with one attached hydrogen (secondary N) is 1. The maximum Gasteiger partial charge on any atom is 0.196 e. The lowest BCUT2D eigenvalue weighted by Gasteiger charge is -2.03. The molecule has 4 heteroatoms. The van der Waals surface area contributed by atoms with Crippen LogP contribution in [0.4, 0.5) is 0 Å². The van der Waals surface area contributed by atoms with Crippen LogP contribution in [0.1, 0.15) is 15.9 Å². The van der Waals surface area contributed by atoms with Gasteiger partial charge in [0.05, 0.1) is 12.1 Å². The van der Waals surface area contributed by atoms with Gasteiger partial charge in [-0.25, -0.2) is 0 Å². The molecule has 20 heavy (non-hydrogen) atoms. The third-order valence-electron chi connectivity index (χ3n) is 3.25. The number of benzene rings is 2. The van der Waals surface area contributed by atoms with E-state index in [9.17, 15) is 4.79 Å². The second-order valence-electron chi connectivity index (χ2n) is 4.42. The van der Waals surface area contributed by atoms with Gasteiger partial charge in [-0.1, -0.05) is 23.7 Å². The zero-order chi connectivity index (χ0) is 14.1. The summed E-state index contributed by atoms with van der Waals surface area (Å²) >= 11 is 6.09. The van der Waals surface area contributed by atoms with E-state index in [0.29, 0.717) is 21.9 Å². The van der Waals surface area contributed by atoms with Gasteiger partial charge in [-0.2, -0.15) is 0 Å². The molecule has 0 unspecified atom stereocenters. The van der Waals surface area contributed by atoms with Crippen LogP contribution in [-0.4, -0.2) is 17.9 Å². The lowest BCUT2D eigenvalue weighted by atomic mass is 10.0. The molecule has 0 spiro atoms. The van der Waals surface area contributed by atoms with Crippen LogP contribution >= 0.6 is 11.6 Å². The van der Waals surface area contributed by atoms with Crippen LogP contribution in [0.15, 0.2) is 48.7 Å². The molecular formula is C16H12ClNO2.